The lowest BCUT2D eigenvalue weighted by molar-refractivity contribution is -0.122. The first-order chi connectivity index (χ1) is 7.29. The molecular formula is C9H13N3O2S. The predicted octanol–water partition coefficient (Wildman–Crippen LogP) is 1.42. The molecule has 1 saturated carbocycles. The van der Waals surface area contributed by atoms with E-state index in [4.69, 9.17) is 4.74 Å². The topological polar surface area (TPSA) is 64.1 Å². The molecule has 1 aromatic heterocycles. The van der Waals surface area contributed by atoms with Gasteiger partial charge in [0.15, 0.2) is 0 Å². The van der Waals surface area contributed by atoms with Crippen molar-refractivity contribution in [2.24, 2.45) is 5.92 Å². The number of aromatic nitrogens is 2. The Balaban J connectivity index is 1.89. The van der Waals surface area contributed by atoms with Gasteiger partial charge in [-0.2, -0.15) is 0 Å². The molecule has 0 aliphatic heterocycles. The van der Waals surface area contributed by atoms with E-state index < -0.39 is 0 Å². The molecule has 1 N–H and O–H groups in total. The molecule has 1 aliphatic carbocycles. The number of anilines is 1. The van der Waals surface area contributed by atoms with Crippen molar-refractivity contribution in [3.63, 3.8) is 0 Å². The van der Waals surface area contributed by atoms with Crippen LogP contribution in [0.5, 0.6) is 0 Å². The Hall–Kier alpha value is -1.01. The predicted molar refractivity (Wildman–Crippen MR) is 56.6 cm³/mol. The second-order valence-electron chi connectivity index (χ2n) is 3.55. The average Bonchev–Trinajstić information content (AvgIpc) is 2.49. The van der Waals surface area contributed by atoms with Crippen LogP contribution >= 0.6 is 11.3 Å². The molecule has 6 heteroatoms. The van der Waals surface area contributed by atoms with Gasteiger partial charge in [0.2, 0.25) is 11.0 Å². The van der Waals surface area contributed by atoms with Crippen LogP contribution in [0.1, 0.15) is 24.3 Å². The summed E-state index contributed by atoms with van der Waals surface area (Å²) in [4.78, 5) is 11.6. The van der Waals surface area contributed by atoms with Crippen molar-refractivity contribution in [1.82, 2.24) is 10.2 Å². The molecule has 0 unspecified atom stereocenters. The van der Waals surface area contributed by atoms with E-state index in [2.05, 4.69) is 15.5 Å². The smallest absolute Gasteiger partial charge is 0.229 e. The van der Waals surface area contributed by atoms with Gasteiger partial charge in [0, 0.05) is 13.0 Å². The SMILES string of the molecule is COCc1nnc(NC(=O)C2CCC2)s1. The van der Waals surface area contributed by atoms with Crippen LogP contribution in [0, 0.1) is 5.92 Å². The molecule has 0 radical (unpaired) electrons. The third-order valence-electron chi connectivity index (χ3n) is 2.44. The third-order valence-corrected chi connectivity index (χ3v) is 3.25. The number of ether oxygens (including phenoxy) is 1. The Bertz CT molecular complexity index is 349. The molecule has 82 valence electrons. The van der Waals surface area contributed by atoms with Gasteiger partial charge >= 0.3 is 0 Å². The summed E-state index contributed by atoms with van der Waals surface area (Å²) >= 11 is 1.36. The maximum absolute atomic E-state index is 11.6. The van der Waals surface area contributed by atoms with Crippen molar-refractivity contribution >= 4 is 22.4 Å². The van der Waals surface area contributed by atoms with Gasteiger partial charge in [-0.05, 0) is 12.8 Å². The molecule has 1 aromatic rings. The number of hydrogen-bond donors (Lipinski definition) is 1. The van der Waals surface area contributed by atoms with E-state index in [1.54, 1.807) is 7.11 Å². The highest BCUT2D eigenvalue weighted by atomic mass is 32.1. The maximum Gasteiger partial charge on any atom is 0.229 e. The van der Waals surface area contributed by atoms with Crippen LogP contribution in [0.2, 0.25) is 0 Å². The summed E-state index contributed by atoms with van der Waals surface area (Å²) < 4.78 is 4.92. The number of carbonyl (C=O) groups excluding carboxylic acids is 1. The highest BCUT2D eigenvalue weighted by molar-refractivity contribution is 7.15. The lowest BCUT2D eigenvalue weighted by Crippen LogP contribution is -2.27. The summed E-state index contributed by atoms with van der Waals surface area (Å²) in [5, 5.41) is 11.9. The zero-order valence-corrected chi connectivity index (χ0v) is 9.34. The molecule has 0 saturated heterocycles. The average molecular weight is 227 g/mol. The van der Waals surface area contributed by atoms with Gasteiger partial charge in [0.25, 0.3) is 0 Å². The minimum atomic E-state index is 0.0707. The van der Waals surface area contributed by atoms with Crippen molar-refractivity contribution < 1.29 is 9.53 Å². The molecule has 1 fully saturated rings. The summed E-state index contributed by atoms with van der Waals surface area (Å²) in [6, 6.07) is 0. The Morgan fingerprint density at radius 2 is 2.40 bits per heavy atom. The van der Waals surface area contributed by atoms with Gasteiger partial charge in [-0.15, -0.1) is 10.2 Å². The first kappa shape index (κ1) is 10.5. The molecule has 0 atom stereocenters. The van der Waals surface area contributed by atoms with Crippen molar-refractivity contribution in [3.05, 3.63) is 5.01 Å². The van der Waals surface area contributed by atoms with Gasteiger partial charge < -0.3 is 10.1 Å². The molecule has 0 spiro atoms. The fraction of sp³-hybridized carbons (Fsp3) is 0.667. The fourth-order valence-electron chi connectivity index (χ4n) is 1.36. The van der Waals surface area contributed by atoms with Crippen molar-refractivity contribution in [3.8, 4) is 0 Å². The molecule has 2 rings (SSSR count). The van der Waals surface area contributed by atoms with Crippen molar-refractivity contribution in [2.45, 2.75) is 25.9 Å². The van der Waals surface area contributed by atoms with Gasteiger partial charge in [0.05, 0.1) is 0 Å². The zero-order valence-electron chi connectivity index (χ0n) is 8.52. The molecule has 1 heterocycles. The monoisotopic (exact) mass is 227 g/mol. The Kier molecular flexibility index (Phi) is 3.27. The molecule has 1 aliphatic rings. The largest absolute Gasteiger partial charge is 0.377 e. The van der Waals surface area contributed by atoms with Crippen LogP contribution in [-0.4, -0.2) is 23.2 Å². The lowest BCUT2D eigenvalue weighted by atomic mass is 9.85. The number of carbonyl (C=O) groups is 1. The minimum absolute atomic E-state index is 0.0707. The Morgan fingerprint density at radius 3 is 3.00 bits per heavy atom. The van der Waals surface area contributed by atoms with E-state index >= 15 is 0 Å². The summed E-state index contributed by atoms with van der Waals surface area (Å²) in [7, 11) is 1.61. The van der Waals surface area contributed by atoms with Crippen LogP contribution in [0.3, 0.4) is 0 Å². The number of nitrogens with zero attached hydrogens (tertiary/aromatic N) is 2. The lowest BCUT2D eigenvalue weighted by Gasteiger charge is -2.23. The highest BCUT2D eigenvalue weighted by Gasteiger charge is 2.25. The summed E-state index contributed by atoms with van der Waals surface area (Å²) in [5.41, 5.74) is 0. The number of rotatable bonds is 4. The summed E-state index contributed by atoms with van der Waals surface area (Å²) in [6.45, 7) is 0.441. The van der Waals surface area contributed by atoms with E-state index in [1.807, 2.05) is 0 Å². The number of hydrogen-bond acceptors (Lipinski definition) is 5. The maximum atomic E-state index is 11.6. The molecule has 0 bridgehead atoms. The van der Waals surface area contributed by atoms with Crippen molar-refractivity contribution in [2.75, 3.05) is 12.4 Å². The fourth-order valence-corrected chi connectivity index (χ4v) is 2.08. The number of nitrogens with one attached hydrogen (secondary N) is 1. The number of methoxy groups -OCH3 is 1. The second kappa shape index (κ2) is 4.67. The van der Waals surface area contributed by atoms with E-state index in [-0.39, 0.29) is 11.8 Å². The first-order valence-electron chi connectivity index (χ1n) is 4.92. The first-order valence-corrected chi connectivity index (χ1v) is 5.73. The quantitative estimate of drug-likeness (QED) is 0.845. The van der Waals surface area contributed by atoms with Crippen LogP contribution in [0.4, 0.5) is 5.13 Å². The highest BCUT2D eigenvalue weighted by Crippen LogP contribution is 2.28. The van der Waals surface area contributed by atoms with Crippen LogP contribution < -0.4 is 5.32 Å². The molecule has 1 amide bonds. The van der Waals surface area contributed by atoms with Crippen LogP contribution in [-0.2, 0) is 16.1 Å². The van der Waals surface area contributed by atoms with E-state index in [1.165, 1.54) is 11.3 Å². The summed E-state index contributed by atoms with van der Waals surface area (Å²) in [6.07, 6.45) is 3.15. The van der Waals surface area contributed by atoms with E-state index in [9.17, 15) is 4.79 Å². The van der Waals surface area contributed by atoms with Crippen LogP contribution in [0.25, 0.3) is 0 Å². The Morgan fingerprint density at radius 1 is 1.60 bits per heavy atom. The standard InChI is InChI=1S/C9H13N3O2S/c1-14-5-7-11-12-9(15-7)10-8(13)6-3-2-4-6/h6H,2-5H2,1H3,(H,10,12,13). The van der Waals surface area contributed by atoms with Gasteiger partial charge in [-0.3, -0.25) is 4.79 Å². The Labute approximate surface area is 91.9 Å². The molecule has 0 aromatic carbocycles. The van der Waals surface area contributed by atoms with E-state index in [0.29, 0.717) is 11.7 Å². The van der Waals surface area contributed by atoms with Crippen LogP contribution in [0.15, 0.2) is 0 Å². The van der Waals surface area contributed by atoms with E-state index in [0.717, 1.165) is 24.3 Å². The minimum Gasteiger partial charge on any atom is -0.377 e. The molecule has 15 heavy (non-hydrogen) atoms. The van der Waals surface area contributed by atoms with Gasteiger partial charge in [-0.25, -0.2) is 0 Å². The molecular weight excluding hydrogens is 214 g/mol. The summed E-state index contributed by atoms with van der Waals surface area (Å²) in [5.74, 6) is 0.251. The van der Waals surface area contributed by atoms with Gasteiger partial charge in [-0.1, -0.05) is 17.8 Å². The zero-order chi connectivity index (χ0) is 10.7. The molecule has 5 nitrogen and oxygen atoms in total. The second-order valence-corrected chi connectivity index (χ2v) is 4.61. The third kappa shape index (κ3) is 2.51. The van der Waals surface area contributed by atoms with Crippen molar-refractivity contribution in [1.29, 1.82) is 0 Å². The normalized spacial score (nSPS) is 16.1. The van der Waals surface area contributed by atoms with Gasteiger partial charge in [0.1, 0.15) is 11.6 Å². The number of amides is 1.